The minimum Gasteiger partial charge on any atom is -0.489 e. The molecule has 0 amide bonds. The first-order valence-corrected chi connectivity index (χ1v) is 7.86. The summed E-state index contributed by atoms with van der Waals surface area (Å²) in [5, 5.41) is 10.1. The van der Waals surface area contributed by atoms with Gasteiger partial charge in [0.25, 0.3) is 0 Å². The van der Waals surface area contributed by atoms with Crippen LogP contribution in [0, 0.1) is 6.92 Å². The standard InChI is InChI=1S/C17H23N5O2/c1-4-10-23-15-9-7-6-8-14(15)11-19-17(18-5-2)20-12-16-21-13(3)22-24-16/h4,6-9H,1,5,10-12H2,2-3H3,(H2,18,19,20). The van der Waals surface area contributed by atoms with Crippen molar-refractivity contribution in [1.29, 1.82) is 0 Å². The summed E-state index contributed by atoms with van der Waals surface area (Å²) in [6.45, 7) is 9.59. The maximum Gasteiger partial charge on any atom is 0.246 e. The molecular weight excluding hydrogens is 306 g/mol. The Balaban J connectivity index is 2.01. The Morgan fingerprint density at radius 3 is 2.92 bits per heavy atom. The number of hydrogen-bond donors (Lipinski definition) is 2. The molecule has 0 saturated heterocycles. The van der Waals surface area contributed by atoms with E-state index in [1.807, 2.05) is 31.2 Å². The lowest BCUT2D eigenvalue weighted by Crippen LogP contribution is -2.36. The molecule has 2 aromatic rings. The number of aryl methyl sites for hydroxylation is 1. The fraction of sp³-hybridized carbons (Fsp3) is 0.353. The van der Waals surface area contributed by atoms with Gasteiger partial charge in [-0.3, -0.25) is 0 Å². The second-order valence-corrected chi connectivity index (χ2v) is 4.99. The van der Waals surface area contributed by atoms with Crippen LogP contribution in [0.2, 0.25) is 0 Å². The number of rotatable bonds is 8. The van der Waals surface area contributed by atoms with Gasteiger partial charge in [-0.15, -0.1) is 0 Å². The van der Waals surface area contributed by atoms with Gasteiger partial charge >= 0.3 is 0 Å². The highest BCUT2D eigenvalue weighted by Gasteiger charge is 2.06. The fourth-order valence-electron chi connectivity index (χ4n) is 2.00. The minimum absolute atomic E-state index is 0.418. The van der Waals surface area contributed by atoms with Gasteiger partial charge in [0.05, 0.1) is 13.1 Å². The van der Waals surface area contributed by atoms with E-state index in [1.165, 1.54) is 0 Å². The molecule has 7 nitrogen and oxygen atoms in total. The van der Waals surface area contributed by atoms with Crippen LogP contribution in [0.1, 0.15) is 24.2 Å². The van der Waals surface area contributed by atoms with E-state index in [-0.39, 0.29) is 0 Å². The van der Waals surface area contributed by atoms with Crippen molar-refractivity contribution in [1.82, 2.24) is 20.8 Å². The van der Waals surface area contributed by atoms with Crippen molar-refractivity contribution in [3.05, 3.63) is 54.2 Å². The zero-order chi connectivity index (χ0) is 17.2. The van der Waals surface area contributed by atoms with Crippen molar-refractivity contribution >= 4 is 5.96 Å². The van der Waals surface area contributed by atoms with Crippen LogP contribution in [0.4, 0.5) is 0 Å². The molecule has 7 heteroatoms. The van der Waals surface area contributed by atoms with Crippen molar-refractivity contribution in [2.75, 3.05) is 13.2 Å². The SMILES string of the molecule is C=CCOc1ccccc1CN=C(NCC)NCc1nc(C)no1. The first-order chi connectivity index (χ1) is 11.7. The topological polar surface area (TPSA) is 84.6 Å². The first-order valence-electron chi connectivity index (χ1n) is 7.86. The predicted molar refractivity (Wildman–Crippen MR) is 92.8 cm³/mol. The lowest BCUT2D eigenvalue weighted by atomic mass is 10.2. The number of nitrogens with one attached hydrogen (secondary N) is 2. The Bertz CT molecular complexity index is 681. The average molecular weight is 329 g/mol. The lowest BCUT2D eigenvalue weighted by Gasteiger charge is -2.11. The Morgan fingerprint density at radius 1 is 1.38 bits per heavy atom. The van der Waals surface area contributed by atoms with Gasteiger partial charge in [-0.05, 0) is 19.9 Å². The normalized spacial score (nSPS) is 11.2. The van der Waals surface area contributed by atoms with Crippen molar-refractivity contribution in [2.24, 2.45) is 4.99 Å². The summed E-state index contributed by atoms with van der Waals surface area (Å²) in [7, 11) is 0. The summed E-state index contributed by atoms with van der Waals surface area (Å²) in [5.74, 6) is 2.62. The second-order valence-electron chi connectivity index (χ2n) is 4.99. The summed E-state index contributed by atoms with van der Waals surface area (Å²) in [6.07, 6.45) is 1.72. The molecule has 0 aliphatic heterocycles. The van der Waals surface area contributed by atoms with Crippen LogP contribution >= 0.6 is 0 Å². The number of hydrogen-bond acceptors (Lipinski definition) is 5. The Hall–Kier alpha value is -2.83. The molecule has 1 heterocycles. The molecule has 0 spiro atoms. The van der Waals surface area contributed by atoms with E-state index in [4.69, 9.17) is 9.26 Å². The molecule has 0 saturated carbocycles. The van der Waals surface area contributed by atoms with Gasteiger partial charge in [0, 0.05) is 12.1 Å². The summed E-state index contributed by atoms with van der Waals surface area (Å²) < 4.78 is 10.7. The summed E-state index contributed by atoms with van der Waals surface area (Å²) in [6, 6.07) is 7.82. The third-order valence-corrected chi connectivity index (χ3v) is 3.06. The number of para-hydroxylation sites is 1. The van der Waals surface area contributed by atoms with Gasteiger partial charge < -0.3 is 19.9 Å². The van der Waals surface area contributed by atoms with Crippen molar-refractivity contribution < 1.29 is 9.26 Å². The number of aromatic nitrogens is 2. The van der Waals surface area contributed by atoms with Crippen molar-refractivity contribution in [2.45, 2.75) is 26.9 Å². The number of aliphatic imine (C=N–C) groups is 1. The maximum atomic E-state index is 5.65. The van der Waals surface area contributed by atoms with Crippen molar-refractivity contribution in [3.8, 4) is 5.75 Å². The zero-order valence-electron chi connectivity index (χ0n) is 14.1. The van der Waals surface area contributed by atoms with Crippen LogP contribution in [0.3, 0.4) is 0 Å². The summed E-state index contributed by atoms with van der Waals surface area (Å²) in [5.41, 5.74) is 1.00. The molecule has 0 unspecified atom stereocenters. The zero-order valence-corrected chi connectivity index (χ0v) is 14.1. The highest BCUT2D eigenvalue weighted by Crippen LogP contribution is 2.18. The lowest BCUT2D eigenvalue weighted by molar-refractivity contribution is 0.359. The Labute approximate surface area is 141 Å². The number of guanidine groups is 1. The summed E-state index contributed by atoms with van der Waals surface area (Å²) >= 11 is 0. The minimum atomic E-state index is 0.418. The largest absolute Gasteiger partial charge is 0.489 e. The molecule has 24 heavy (non-hydrogen) atoms. The monoisotopic (exact) mass is 329 g/mol. The quantitative estimate of drug-likeness (QED) is 0.439. The van der Waals surface area contributed by atoms with E-state index in [0.717, 1.165) is 17.9 Å². The van der Waals surface area contributed by atoms with Gasteiger partial charge in [-0.25, -0.2) is 4.99 Å². The average Bonchev–Trinajstić information content (AvgIpc) is 3.01. The number of benzene rings is 1. The Kier molecular flexibility index (Phi) is 6.82. The molecule has 128 valence electrons. The molecule has 2 rings (SSSR count). The van der Waals surface area contributed by atoms with Crippen LogP contribution in [0.5, 0.6) is 5.75 Å². The van der Waals surface area contributed by atoms with Gasteiger partial charge in [-0.1, -0.05) is 36.0 Å². The fourth-order valence-corrected chi connectivity index (χ4v) is 2.00. The summed E-state index contributed by atoms with van der Waals surface area (Å²) in [4.78, 5) is 8.73. The molecule has 0 fully saturated rings. The molecule has 2 N–H and O–H groups in total. The van der Waals surface area contributed by atoms with Gasteiger partial charge in [0.1, 0.15) is 12.4 Å². The van der Waals surface area contributed by atoms with Crippen LogP contribution in [0.25, 0.3) is 0 Å². The van der Waals surface area contributed by atoms with Gasteiger partial charge in [-0.2, -0.15) is 4.98 Å². The van der Waals surface area contributed by atoms with E-state index in [2.05, 4.69) is 32.3 Å². The van der Waals surface area contributed by atoms with Crippen molar-refractivity contribution in [3.63, 3.8) is 0 Å². The van der Waals surface area contributed by atoms with Crippen LogP contribution in [0.15, 0.2) is 46.4 Å². The van der Waals surface area contributed by atoms with Crippen LogP contribution < -0.4 is 15.4 Å². The molecule has 0 aliphatic rings. The molecule has 1 aromatic heterocycles. The highest BCUT2D eigenvalue weighted by atomic mass is 16.5. The van der Waals surface area contributed by atoms with Gasteiger partial charge in [0.15, 0.2) is 11.8 Å². The van der Waals surface area contributed by atoms with E-state index in [9.17, 15) is 0 Å². The number of nitrogens with zero attached hydrogens (tertiary/aromatic N) is 3. The van der Waals surface area contributed by atoms with Crippen LogP contribution in [-0.4, -0.2) is 29.3 Å². The molecule has 0 bridgehead atoms. The molecular formula is C17H23N5O2. The van der Waals surface area contributed by atoms with E-state index >= 15 is 0 Å². The van der Waals surface area contributed by atoms with Gasteiger partial charge in [0.2, 0.25) is 5.89 Å². The Morgan fingerprint density at radius 2 is 2.21 bits per heavy atom. The molecule has 0 atom stereocenters. The van der Waals surface area contributed by atoms with E-state index in [0.29, 0.717) is 37.4 Å². The second kappa shape index (κ2) is 9.34. The molecule has 0 radical (unpaired) electrons. The predicted octanol–water partition coefficient (Wildman–Crippen LogP) is 2.20. The third kappa shape index (κ3) is 5.42. The highest BCUT2D eigenvalue weighted by molar-refractivity contribution is 5.79. The third-order valence-electron chi connectivity index (χ3n) is 3.06. The van der Waals surface area contributed by atoms with E-state index in [1.54, 1.807) is 13.0 Å². The van der Waals surface area contributed by atoms with Crippen LogP contribution in [-0.2, 0) is 13.1 Å². The molecule has 1 aromatic carbocycles. The maximum absolute atomic E-state index is 5.65. The first kappa shape index (κ1) is 17.5. The molecule has 0 aliphatic carbocycles. The number of ether oxygens (including phenoxy) is 1. The van der Waals surface area contributed by atoms with E-state index < -0.39 is 0 Å². The smallest absolute Gasteiger partial charge is 0.246 e.